The van der Waals surface area contributed by atoms with Gasteiger partial charge in [-0.25, -0.2) is 4.18 Å². The second kappa shape index (κ2) is 22.7. The molecule has 0 fully saturated rings. The van der Waals surface area contributed by atoms with Gasteiger partial charge in [0.25, 0.3) is 0 Å². The van der Waals surface area contributed by atoms with Gasteiger partial charge in [-0.15, -0.1) is 0 Å². The van der Waals surface area contributed by atoms with Crippen molar-refractivity contribution in [3.63, 3.8) is 0 Å². The molecule has 0 aliphatic rings. The van der Waals surface area contributed by atoms with Crippen molar-refractivity contribution < 1.29 is 32.2 Å². The van der Waals surface area contributed by atoms with E-state index in [2.05, 4.69) is 23.3 Å². The van der Waals surface area contributed by atoms with E-state index in [1.165, 1.54) is 25.7 Å². The smallest absolute Gasteiger partial charge is 0.397 e. The Labute approximate surface area is 183 Å². The third-order valence-corrected chi connectivity index (χ3v) is 4.92. The van der Waals surface area contributed by atoms with Gasteiger partial charge in [-0.3, -0.25) is 9.35 Å². The third-order valence-electron chi connectivity index (χ3n) is 4.46. The van der Waals surface area contributed by atoms with Gasteiger partial charge >= 0.3 is 16.4 Å². The number of unbranched alkanes of at least 4 members (excludes halogenated alkanes) is 9. The lowest BCUT2D eigenvalue weighted by atomic mass is 10.1. The van der Waals surface area contributed by atoms with E-state index in [1.54, 1.807) is 0 Å². The molecule has 0 aromatic carbocycles. The molecule has 0 aliphatic carbocycles. The normalized spacial score (nSPS) is 12.5. The Morgan fingerprint density at radius 3 is 2.10 bits per heavy atom. The van der Waals surface area contributed by atoms with Gasteiger partial charge < -0.3 is 10.2 Å². The number of carboxylic acid groups (broad SMARTS) is 1. The van der Waals surface area contributed by atoms with Gasteiger partial charge in [-0.05, 0) is 38.5 Å². The Balaban J connectivity index is 0. The van der Waals surface area contributed by atoms with E-state index in [1.807, 2.05) is 6.92 Å². The molecule has 3 N–H and O–H groups in total. The number of aliphatic carboxylic acids is 1. The fraction of sp³-hybridized carbons (Fsp3) is 0.864. The van der Waals surface area contributed by atoms with E-state index < -0.39 is 16.4 Å². The largest absolute Gasteiger partial charge is 0.481 e. The van der Waals surface area contributed by atoms with E-state index in [0.717, 1.165) is 57.8 Å². The highest BCUT2D eigenvalue weighted by Crippen LogP contribution is 2.10. The first-order chi connectivity index (χ1) is 14.2. The predicted octanol–water partition coefficient (Wildman–Crippen LogP) is 5.69. The summed E-state index contributed by atoms with van der Waals surface area (Å²) in [6.07, 6.45) is 18.8. The SMILES string of the molecule is CCCCCC[C@@H](O)C/C=C\CCCCCCCC(=O)O.CCCCOS(=O)(=O)O. The van der Waals surface area contributed by atoms with Crippen LogP contribution in [-0.2, 0) is 19.4 Å². The van der Waals surface area contributed by atoms with E-state index in [9.17, 15) is 18.3 Å². The number of carboxylic acids is 1. The Bertz CT molecular complexity index is 504. The zero-order chi connectivity index (χ0) is 23.1. The highest BCUT2D eigenvalue weighted by atomic mass is 32.3. The van der Waals surface area contributed by atoms with Crippen LogP contribution in [0.4, 0.5) is 0 Å². The molecule has 0 aromatic rings. The van der Waals surface area contributed by atoms with Gasteiger partial charge in [-0.1, -0.05) is 77.4 Å². The highest BCUT2D eigenvalue weighted by molar-refractivity contribution is 7.80. The van der Waals surface area contributed by atoms with E-state index >= 15 is 0 Å². The summed E-state index contributed by atoms with van der Waals surface area (Å²) in [6, 6.07) is 0. The molecule has 0 saturated carbocycles. The second-order valence-electron chi connectivity index (χ2n) is 7.51. The van der Waals surface area contributed by atoms with Crippen LogP contribution in [0.5, 0.6) is 0 Å². The fourth-order valence-corrected chi connectivity index (χ4v) is 3.00. The zero-order valence-corrected chi connectivity index (χ0v) is 19.7. The topological polar surface area (TPSA) is 121 Å². The van der Waals surface area contributed by atoms with Gasteiger partial charge in [0.05, 0.1) is 12.7 Å². The van der Waals surface area contributed by atoms with Gasteiger partial charge in [0.2, 0.25) is 0 Å². The molecule has 0 radical (unpaired) electrons. The van der Waals surface area contributed by atoms with Crippen molar-refractivity contribution in [3.05, 3.63) is 12.2 Å². The summed E-state index contributed by atoms with van der Waals surface area (Å²) < 4.78 is 31.7. The molecule has 1 atom stereocenters. The van der Waals surface area contributed by atoms with Crippen LogP contribution in [-0.4, -0.2) is 41.9 Å². The molecular weight excluding hydrogens is 408 g/mol. The first-order valence-electron chi connectivity index (χ1n) is 11.4. The fourth-order valence-electron chi connectivity index (χ4n) is 2.67. The summed E-state index contributed by atoms with van der Waals surface area (Å²) in [7, 11) is -4.20. The van der Waals surface area contributed by atoms with E-state index in [4.69, 9.17) is 9.66 Å². The van der Waals surface area contributed by atoms with Crippen LogP contribution in [0.3, 0.4) is 0 Å². The minimum absolute atomic E-state index is 0.0648. The standard InChI is InChI=1S/C18H34O3.C4H10O4S/c1-2-3-4-11-14-17(19)15-12-9-7-5-6-8-10-13-16-18(20)21;1-2-3-4-8-9(5,6)7/h9,12,17,19H,2-8,10-11,13-16H2,1H3,(H,20,21);2-4H2,1H3,(H,5,6,7)/b12-9-;/t17-;/m1./s1. The van der Waals surface area contributed by atoms with Crippen LogP contribution in [0.25, 0.3) is 0 Å². The molecule has 7 nitrogen and oxygen atoms in total. The zero-order valence-electron chi connectivity index (χ0n) is 18.9. The molecule has 0 aromatic heterocycles. The van der Waals surface area contributed by atoms with Crippen molar-refractivity contribution >= 4 is 16.4 Å². The predicted molar refractivity (Wildman–Crippen MR) is 121 cm³/mol. The summed E-state index contributed by atoms with van der Waals surface area (Å²) in [5.41, 5.74) is 0. The minimum Gasteiger partial charge on any atom is -0.481 e. The monoisotopic (exact) mass is 452 g/mol. The molecule has 0 aliphatic heterocycles. The number of allylic oxidation sites excluding steroid dienone is 1. The summed E-state index contributed by atoms with van der Waals surface area (Å²) in [5.74, 6) is -0.689. The minimum atomic E-state index is -4.20. The molecule has 0 spiro atoms. The highest BCUT2D eigenvalue weighted by Gasteiger charge is 2.01. The lowest BCUT2D eigenvalue weighted by molar-refractivity contribution is -0.137. The summed E-state index contributed by atoms with van der Waals surface area (Å²) in [6.45, 7) is 4.16. The molecule has 0 heterocycles. The Hall–Kier alpha value is -0.960. The maximum atomic E-state index is 10.3. The summed E-state index contributed by atoms with van der Waals surface area (Å²) in [5, 5.41) is 18.3. The lowest BCUT2D eigenvalue weighted by Gasteiger charge is -2.07. The molecule has 0 unspecified atom stereocenters. The van der Waals surface area contributed by atoms with E-state index in [-0.39, 0.29) is 12.7 Å². The summed E-state index contributed by atoms with van der Waals surface area (Å²) >= 11 is 0. The maximum absolute atomic E-state index is 10.3. The average Bonchev–Trinajstić information content (AvgIpc) is 2.66. The molecule has 0 saturated heterocycles. The average molecular weight is 453 g/mol. The van der Waals surface area contributed by atoms with Gasteiger partial charge in [0, 0.05) is 6.42 Å². The molecular formula is C22H44O7S. The number of carbonyl (C=O) groups is 1. The molecule has 30 heavy (non-hydrogen) atoms. The number of aliphatic hydroxyl groups is 1. The van der Waals surface area contributed by atoms with Crippen LogP contribution >= 0.6 is 0 Å². The van der Waals surface area contributed by atoms with Gasteiger partial charge in [0.1, 0.15) is 0 Å². The van der Waals surface area contributed by atoms with Crippen LogP contribution in [0.1, 0.15) is 110 Å². The van der Waals surface area contributed by atoms with Gasteiger partial charge in [-0.2, -0.15) is 8.42 Å². The number of aliphatic hydroxyl groups excluding tert-OH is 1. The quantitative estimate of drug-likeness (QED) is 0.131. The van der Waals surface area contributed by atoms with Crippen molar-refractivity contribution in [1.82, 2.24) is 0 Å². The van der Waals surface area contributed by atoms with Crippen molar-refractivity contribution in [1.29, 1.82) is 0 Å². The Morgan fingerprint density at radius 2 is 1.50 bits per heavy atom. The molecule has 0 amide bonds. The number of hydrogen-bond acceptors (Lipinski definition) is 5. The molecule has 0 bridgehead atoms. The van der Waals surface area contributed by atoms with Gasteiger partial charge in [0.15, 0.2) is 0 Å². The maximum Gasteiger partial charge on any atom is 0.397 e. The molecule has 0 rings (SSSR count). The van der Waals surface area contributed by atoms with Crippen molar-refractivity contribution in [2.45, 2.75) is 116 Å². The Kier molecular flexibility index (Phi) is 23.6. The van der Waals surface area contributed by atoms with Crippen molar-refractivity contribution in [3.8, 4) is 0 Å². The number of hydrogen-bond donors (Lipinski definition) is 3. The summed E-state index contributed by atoms with van der Waals surface area (Å²) in [4.78, 5) is 10.3. The second-order valence-corrected chi connectivity index (χ2v) is 8.60. The molecule has 8 heteroatoms. The van der Waals surface area contributed by atoms with Crippen LogP contribution in [0.2, 0.25) is 0 Å². The van der Waals surface area contributed by atoms with Crippen LogP contribution in [0.15, 0.2) is 12.2 Å². The molecule has 180 valence electrons. The van der Waals surface area contributed by atoms with Crippen molar-refractivity contribution in [2.24, 2.45) is 0 Å². The first kappa shape index (κ1) is 31.2. The van der Waals surface area contributed by atoms with Crippen molar-refractivity contribution in [2.75, 3.05) is 6.61 Å². The first-order valence-corrected chi connectivity index (χ1v) is 12.8. The third kappa shape index (κ3) is 31.7. The van der Waals surface area contributed by atoms with E-state index in [0.29, 0.717) is 12.8 Å². The lowest BCUT2D eigenvalue weighted by Crippen LogP contribution is -2.04. The van der Waals surface area contributed by atoms with Crippen LogP contribution in [0, 0.1) is 0 Å². The van der Waals surface area contributed by atoms with Crippen LogP contribution < -0.4 is 0 Å². The number of rotatable bonds is 19. The Morgan fingerprint density at radius 1 is 0.900 bits per heavy atom.